The number of hydrogen-bond acceptors (Lipinski definition) is 4. The Morgan fingerprint density at radius 2 is 1.90 bits per heavy atom. The highest BCUT2D eigenvalue weighted by Crippen LogP contribution is 2.69. The molecule has 4 rings (SSSR count). The average Bonchev–Trinajstić information content (AvgIpc) is 3.06. The number of carbonyl (C=O) groups is 1. The molecule has 30 heavy (non-hydrogen) atoms. The highest BCUT2D eigenvalue weighted by molar-refractivity contribution is 5.69. The minimum atomic E-state index is -0.227. The van der Waals surface area contributed by atoms with Crippen LogP contribution in [0.1, 0.15) is 85.5 Å². The fourth-order valence-corrected chi connectivity index (χ4v) is 9.25. The van der Waals surface area contributed by atoms with Gasteiger partial charge in [-0.25, -0.2) is 0 Å². The van der Waals surface area contributed by atoms with Crippen LogP contribution in [0.3, 0.4) is 0 Å². The number of methoxy groups -OCH3 is 1. The summed E-state index contributed by atoms with van der Waals surface area (Å²) in [7, 11) is 1.47. The van der Waals surface area contributed by atoms with Gasteiger partial charge in [0.05, 0.1) is 13.2 Å². The number of ether oxygens (including phenoxy) is 1. The standard InChI is InChI=1S/C26H45NO3/c1-15(6-9-23(29)30-5)19-7-8-20-24-16(2)12-17-13-18(27)10-11-25(17,3)21(24)14-22(28)26(19,20)4/h15-22,24,28H,6-14,27H2,1-5H3/t15?,16?,17?,18?,19-,20?,21?,22?,24?,25+,26-/m1/s1. The molecule has 4 fully saturated rings. The molecule has 4 saturated carbocycles. The molecule has 8 unspecified atom stereocenters. The molecular weight excluding hydrogens is 374 g/mol. The maximum absolute atomic E-state index is 11.7. The van der Waals surface area contributed by atoms with Crippen molar-refractivity contribution in [1.29, 1.82) is 0 Å². The van der Waals surface area contributed by atoms with Gasteiger partial charge in [-0.3, -0.25) is 4.79 Å². The Hall–Kier alpha value is -0.610. The van der Waals surface area contributed by atoms with E-state index < -0.39 is 0 Å². The Morgan fingerprint density at radius 1 is 1.17 bits per heavy atom. The zero-order valence-corrected chi connectivity index (χ0v) is 19.9. The van der Waals surface area contributed by atoms with Gasteiger partial charge in [0.15, 0.2) is 0 Å². The molecule has 4 aliphatic rings. The first-order valence-electron chi connectivity index (χ1n) is 12.6. The summed E-state index contributed by atoms with van der Waals surface area (Å²) >= 11 is 0. The van der Waals surface area contributed by atoms with Crippen LogP contribution in [0.15, 0.2) is 0 Å². The van der Waals surface area contributed by atoms with Gasteiger partial charge in [0.25, 0.3) is 0 Å². The first-order chi connectivity index (χ1) is 14.1. The molecule has 172 valence electrons. The van der Waals surface area contributed by atoms with Gasteiger partial charge >= 0.3 is 5.97 Å². The molecule has 0 aliphatic heterocycles. The van der Waals surface area contributed by atoms with Crippen LogP contribution in [-0.4, -0.2) is 30.3 Å². The second-order valence-corrected chi connectivity index (χ2v) is 12.1. The number of nitrogens with two attached hydrogens (primary N) is 1. The third kappa shape index (κ3) is 3.36. The summed E-state index contributed by atoms with van der Waals surface area (Å²) in [6, 6.07) is 0.372. The van der Waals surface area contributed by atoms with Crippen molar-refractivity contribution in [2.24, 2.45) is 58.0 Å². The summed E-state index contributed by atoms with van der Waals surface area (Å²) in [5, 5.41) is 11.6. The molecule has 0 heterocycles. The molecule has 0 spiro atoms. The molecule has 0 aromatic rings. The van der Waals surface area contributed by atoms with Crippen molar-refractivity contribution in [3.63, 3.8) is 0 Å². The van der Waals surface area contributed by atoms with Crippen LogP contribution in [-0.2, 0) is 9.53 Å². The van der Waals surface area contributed by atoms with Crippen molar-refractivity contribution < 1.29 is 14.6 Å². The molecule has 0 amide bonds. The average molecular weight is 420 g/mol. The lowest BCUT2D eigenvalue weighted by atomic mass is 9.41. The third-order valence-electron chi connectivity index (χ3n) is 11.0. The molecule has 4 nitrogen and oxygen atoms in total. The third-order valence-corrected chi connectivity index (χ3v) is 11.0. The summed E-state index contributed by atoms with van der Waals surface area (Å²) in [5.74, 6) is 4.26. The fourth-order valence-electron chi connectivity index (χ4n) is 9.25. The summed E-state index contributed by atoms with van der Waals surface area (Å²) in [4.78, 5) is 11.7. The topological polar surface area (TPSA) is 72.5 Å². The largest absolute Gasteiger partial charge is 0.469 e. The highest BCUT2D eigenvalue weighted by atomic mass is 16.5. The van der Waals surface area contributed by atoms with Gasteiger partial charge < -0.3 is 15.6 Å². The van der Waals surface area contributed by atoms with E-state index in [4.69, 9.17) is 10.5 Å². The van der Waals surface area contributed by atoms with E-state index in [0.29, 0.717) is 41.5 Å². The first kappa shape index (κ1) is 22.6. The van der Waals surface area contributed by atoms with Crippen LogP contribution >= 0.6 is 0 Å². The number of rotatable bonds is 4. The Kier molecular flexibility index (Phi) is 6.07. The summed E-state index contributed by atoms with van der Waals surface area (Å²) in [5.41, 5.74) is 6.71. The molecule has 0 bridgehead atoms. The fraction of sp³-hybridized carbons (Fsp3) is 0.962. The van der Waals surface area contributed by atoms with Crippen molar-refractivity contribution in [2.45, 2.75) is 97.6 Å². The van der Waals surface area contributed by atoms with Crippen molar-refractivity contribution >= 4 is 5.97 Å². The van der Waals surface area contributed by atoms with Crippen LogP contribution in [0, 0.1) is 52.3 Å². The lowest BCUT2D eigenvalue weighted by molar-refractivity contribution is -0.184. The number of hydrogen-bond donors (Lipinski definition) is 2. The van der Waals surface area contributed by atoms with E-state index in [1.807, 2.05) is 0 Å². The Bertz CT molecular complexity index is 652. The number of aliphatic hydroxyl groups is 1. The lowest BCUT2D eigenvalue weighted by Crippen LogP contribution is -2.61. The van der Waals surface area contributed by atoms with Crippen molar-refractivity contribution in [2.75, 3.05) is 7.11 Å². The zero-order chi connectivity index (χ0) is 21.8. The number of esters is 1. The minimum absolute atomic E-state index is 0.0147. The van der Waals surface area contributed by atoms with Gasteiger partial charge in [-0.2, -0.15) is 0 Å². The number of aliphatic hydroxyl groups excluding tert-OH is 1. The lowest BCUT2D eigenvalue weighted by Gasteiger charge is -2.64. The van der Waals surface area contributed by atoms with Crippen LogP contribution < -0.4 is 5.73 Å². The quantitative estimate of drug-likeness (QED) is 0.643. The summed E-state index contributed by atoms with van der Waals surface area (Å²) < 4.78 is 4.87. The van der Waals surface area contributed by atoms with Crippen molar-refractivity contribution in [1.82, 2.24) is 0 Å². The molecule has 4 heteroatoms. The number of fused-ring (bicyclic) bond motifs is 5. The Balaban J connectivity index is 1.58. The Morgan fingerprint density at radius 3 is 2.60 bits per heavy atom. The van der Waals surface area contributed by atoms with E-state index in [1.54, 1.807) is 0 Å². The monoisotopic (exact) mass is 419 g/mol. The van der Waals surface area contributed by atoms with Crippen molar-refractivity contribution in [3.05, 3.63) is 0 Å². The molecular formula is C26H45NO3. The van der Waals surface area contributed by atoms with Gasteiger partial charge in [0, 0.05) is 12.5 Å². The summed E-state index contributed by atoms with van der Waals surface area (Å²) in [6.07, 6.45) is 9.42. The molecule has 0 saturated heterocycles. The van der Waals surface area contributed by atoms with Crippen molar-refractivity contribution in [3.8, 4) is 0 Å². The smallest absolute Gasteiger partial charge is 0.305 e. The van der Waals surface area contributed by atoms with Crippen LogP contribution in [0.4, 0.5) is 0 Å². The van der Waals surface area contributed by atoms with E-state index >= 15 is 0 Å². The normalized spacial score (nSPS) is 51.4. The van der Waals surface area contributed by atoms with Crippen LogP contribution in [0.2, 0.25) is 0 Å². The molecule has 11 atom stereocenters. The highest BCUT2D eigenvalue weighted by Gasteiger charge is 2.65. The van der Waals surface area contributed by atoms with E-state index in [9.17, 15) is 9.90 Å². The van der Waals surface area contributed by atoms with Gasteiger partial charge in [-0.15, -0.1) is 0 Å². The molecule has 0 aromatic heterocycles. The van der Waals surface area contributed by atoms with E-state index in [2.05, 4.69) is 27.7 Å². The van der Waals surface area contributed by atoms with E-state index in [0.717, 1.165) is 37.0 Å². The maximum Gasteiger partial charge on any atom is 0.305 e. The number of carbonyl (C=O) groups excluding carboxylic acids is 1. The molecule has 0 radical (unpaired) electrons. The van der Waals surface area contributed by atoms with Gasteiger partial charge in [0.2, 0.25) is 0 Å². The second kappa shape index (κ2) is 8.06. The first-order valence-corrected chi connectivity index (χ1v) is 12.6. The van der Waals surface area contributed by atoms with Crippen LogP contribution in [0.5, 0.6) is 0 Å². The van der Waals surface area contributed by atoms with Gasteiger partial charge in [0.1, 0.15) is 0 Å². The van der Waals surface area contributed by atoms with Crippen LogP contribution in [0.25, 0.3) is 0 Å². The minimum Gasteiger partial charge on any atom is -0.469 e. The predicted octanol–water partition coefficient (Wildman–Crippen LogP) is 4.78. The van der Waals surface area contributed by atoms with E-state index in [-0.39, 0.29) is 17.5 Å². The summed E-state index contributed by atoms with van der Waals surface area (Å²) in [6.45, 7) is 9.71. The van der Waals surface area contributed by atoms with Gasteiger partial charge in [-0.1, -0.05) is 27.7 Å². The molecule has 4 aliphatic carbocycles. The second-order valence-electron chi connectivity index (χ2n) is 12.1. The van der Waals surface area contributed by atoms with E-state index in [1.165, 1.54) is 39.2 Å². The predicted molar refractivity (Wildman–Crippen MR) is 120 cm³/mol. The molecule has 0 aromatic carbocycles. The molecule has 3 N–H and O–H groups in total. The SMILES string of the molecule is COC(=O)CCC(C)[C@H]1CCC2C3C(C)CC4CC(N)CC[C@]4(C)C3CC(O)[C@@]21C. The van der Waals surface area contributed by atoms with Gasteiger partial charge in [-0.05, 0) is 104 Å². The maximum atomic E-state index is 11.7. The Labute approximate surface area is 183 Å². The zero-order valence-electron chi connectivity index (χ0n) is 19.9.